The van der Waals surface area contributed by atoms with Gasteiger partial charge in [0, 0.05) is 10.7 Å². The molecule has 0 radical (unpaired) electrons. The molecule has 33 heavy (non-hydrogen) atoms. The van der Waals surface area contributed by atoms with Crippen LogP contribution in [-0.2, 0) is 15.7 Å². The van der Waals surface area contributed by atoms with E-state index < -0.39 is 27.4 Å². The quantitative estimate of drug-likeness (QED) is 0.413. The van der Waals surface area contributed by atoms with E-state index in [2.05, 4.69) is 20.7 Å². The smallest absolute Gasteiger partial charge is 0.414 e. The van der Waals surface area contributed by atoms with Crippen molar-refractivity contribution in [1.29, 1.82) is 0 Å². The van der Waals surface area contributed by atoms with Gasteiger partial charge >= 0.3 is 6.09 Å². The maximum atomic E-state index is 13.1. The first kappa shape index (κ1) is 27.3. The summed E-state index contributed by atoms with van der Waals surface area (Å²) >= 11 is 3.46. The molecule has 180 valence electrons. The zero-order valence-electron chi connectivity index (χ0n) is 20.5. The van der Waals surface area contributed by atoms with E-state index in [-0.39, 0.29) is 12.1 Å². The number of hydrogen-bond acceptors (Lipinski definition) is 3. The number of carbonyl (C=O) groups is 1. The number of rotatable bonds is 7. The van der Waals surface area contributed by atoms with Gasteiger partial charge in [0.25, 0.3) is 0 Å². The molecule has 0 aliphatic heterocycles. The molecule has 5 nitrogen and oxygen atoms in total. The maximum Gasteiger partial charge on any atom is 0.414 e. The Hall–Kier alpha value is -1.96. The highest BCUT2D eigenvalue weighted by Crippen LogP contribution is 2.26. The molecule has 0 saturated heterocycles. The molecule has 0 aliphatic rings. The molecule has 2 aromatic carbocycles. The van der Waals surface area contributed by atoms with E-state index in [9.17, 15) is 9.00 Å². The fourth-order valence-corrected chi connectivity index (χ4v) is 3.98. The average Bonchev–Trinajstić information content (AvgIpc) is 2.72. The van der Waals surface area contributed by atoms with Crippen molar-refractivity contribution in [2.45, 2.75) is 70.9 Å². The number of carbonyl (C=O) groups excluding carboxylic acids is 1. The van der Waals surface area contributed by atoms with E-state index in [4.69, 9.17) is 4.74 Å². The fraction of sp³-hybridized carbons (Fsp3) is 0.423. The Bertz CT molecular complexity index is 964. The first-order valence-corrected chi connectivity index (χ1v) is 12.9. The topological polar surface area (TPSA) is 58.6 Å². The van der Waals surface area contributed by atoms with Gasteiger partial charge in [-0.25, -0.2) is 13.7 Å². The molecule has 3 atom stereocenters. The molecule has 2 aromatic rings. The molecule has 1 N–H and O–H groups in total. The molecule has 0 heterocycles. The van der Waals surface area contributed by atoms with Gasteiger partial charge in [-0.05, 0) is 77.8 Å². The Kier molecular flexibility index (Phi) is 9.47. The van der Waals surface area contributed by atoms with Gasteiger partial charge in [-0.15, -0.1) is 0 Å². The van der Waals surface area contributed by atoms with Crippen molar-refractivity contribution in [1.82, 2.24) is 9.62 Å². The summed E-state index contributed by atoms with van der Waals surface area (Å²) in [7, 11) is -1.30. The van der Waals surface area contributed by atoms with Crippen molar-refractivity contribution in [2.75, 3.05) is 0 Å². The number of hydrogen-bond donors (Lipinski definition) is 1. The minimum absolute atomic E-state index is 0.270. The molecule has 0 fully saturated rings. The van der Waals surface area contributed by atoms with Gasteiger partial charge < -0.3 is 4.74 Å². The number of ether oxygens (including phenoxy) is 1. The summed E-state index contributed by atoms with van der Waals surface area (Å²) in [5, 5.41) is 0. The van der Waals surface area contributed by atoms with Gasteiger partial charge in [0.1, 0.15) is 5.60 Å². The Balaban J connectivity index is 2.42. The van der Waals surface area contributed by atoms with Gasteiger partial charge in [-0.2, -0.15) is 0 Å². The first-order valence-electron chi connectivity index (χ1n) is 11.0. The van der Waals surface area contributed by atoms with Crippen LogP contribution in [0.3, 0.4) is 0 Å². The van der Waals surface area contributed by atoms with E-state index in [0.717, 1.165) is 15.6 Å². The second-order valence-corrected chi connectivity index (χ2v) is 12.8. The lowest BCUT2D eigenvalue weighted by Crippen LogP contribution is -2.37. The van der Waals surface area contributed by atoms with Crippen molar-refractivity contribution in [2.24, 2.45) is 0 Å². The van der Waals surface area contributed by atoms with Gasteiger partial charge in [-0.1, -0.05) is 58.4 Å². The standard InChI is InChI=1S/C26H35BrN2O3S/c1-19(20-13-15-22(27)16-14-20)29(24(30)32-25(2,3)4)18-17-23(21-11-9-8-10-12-21)28-33(31)26(5,6)7/h8-19,23,28H,1-7H3/t19-,23?,33?/m0/s1. The van der Waals surface area contributed by atoms with Crippen molar-refractivity contribution in [3.63, 3.8) is 0 Å². The third kappa shape index (κ3) is 8.72. The van der Waals surface area contributed by atoms with Gasteiger partial charge in [0.15, 0.2) is 0 Å². The molecule has 2 rings (SSSR count). The van der Waals surface area contributed by atoms with Crippen LogP contribution in [0.25, 0.3) is 0 Å². The molecule has 0 aliphatic carbocycles. The summed E-state index contributed by atoms with van der Waals surface area (Å²) in [5.74, 6) is 0. The van der Waals surface area contributed by atoms with Gasteiger partial charge in [0.2, 0.25) is 0 Å². The summed E-state index contributed by atoms with van der Waals surface area (Å²) in [4.78, 5) is 14.7. The maximum absolute atomic E-state index is 13.1. The van der Waals surface area contributed by atoms with Crippen LogP contribution in [0.1, 0.15) is 71.7 Å². The van der Waals surface area contributed by atoms with E-state index in [1.54, 1.807) is 11.1 Å². The van der Waals surface area contributed by atoms with E-state index in [0.29, 0.717) is 0 Å². The van der Waals surface area contributed by atoms with Crippen LogP contribution in [-0.4, -0.2) is 25.6 Å². The van der Waals surface area contributed by atoms with E-state index in [1.807, 2.05) is 109 Å². The molecule has 1 amide bonds. The second-order valence-electron chi connectivity index (χ2n) is 9.84. The Morgan fingerprint density at radius 3 is 2.09 bits per heavy atom. The number of amides is 1. The van der Waals surface area contributed by atoms with Gasteiger partial charge in [0.05, 0.1) is 27.8 Å². The molecular formula is C26H35BrN2O3S. The normalized spacial score (nSPS) is 15.2. The molecule has 7 heteroatoms. The minimum atomic E-state index is -1.30. The van der Waals surface area contributed by atoms with Crippen molar-refractivity contribution < 1.29 is 13.7 Å². The number of nitrogens with zero attached hydrogens (tertiary/aromatic N) is 1. The summed E-state index contributed by atoms with van der Waals surface area (Å²) in [5.41, 5.74) is 1.29. The summed E-state index contributed by atoms with van der Waals surface area (Å²) < 4.78 is 22.3. The SMILES string of the molecule is C[C@@H](c1ccc(Br)cc1)N(C=CC(NS(=O)C(C)(C)C)c1ccccc1)C(=O)OC(C)(C)C. The highest BCUT2D eigenvalue weighted by Gasteiger charge is 2.27. The lowest BCUT2D eigenvalue weighted by atomic mass is 10.1. The van der Waals surface area contributed by atoms with Crippen LogP contribution in [0.2, 0.25) is 0 Å². The number of nitrogens with one attached hydrogen (secondary N) is 1. The Morgan fingerprint density at radius 1 is 1.00 bits per heavy atom. The van der Waals surface area contributed by atoms with E-state index in [1.165, 1.54) is 0 Å². The van der Waals surface area contributed by atoms with E-state index >= 15 is 0 Å². The predicted octanol–water partition coefficient (Wildman–Crippen LogP) is 7.05. The second kappa shape index (κ2) is 11.4. The van der Waals surface area contributed by atoms with Crippen LogP contribution < -0.4 is 4.72 Å². The molecular weight excluding hydrogens is 500 g/mol. The van der Waals surface area contributed by atoms with Gasteiger partial charge in [-0.3, -0.25) is 4.90 Å². The van der Waals surface area contributed by atoms with Crippen LogP contribution in [0.4, 0.5) is 4.79 Å². The minimum Gasteiger partial charge on any atom is -0.443 e. The molecule has 0 aromatic heterocycles. The number of halogens is 1. The summed E-state index contributed by atoms with van der Waals surface area (Å²) in [6, 6.07) is 17.0. The predicted molar refractivity (Wildman–Crippen MR) is 140 cm³/mol. The summed E-state index contributed by atoms with van der Waals surface area (Å²) in [6.45, 7) is 13.3. The molecule has 0 spiro atoms. The highest BCUT2D eigenvalue weighted by atomic mass is 79.9. The number of benzene rings is 2. The highest BCUT2D eigenvalue weighted by molar-refractivity contribution is 9.10. The van der Waals surface area contributed by atoms with Crippen LogP contribution in [0.15, 0.2) is 71.3 Å². The molecule has 2 unspecified atom stereocenters. The monoisotopic (exact) mass is 534 g/mol. The summed E-state index contributed by atoms with van der Waals surface area (Å²) in [6.07, 6.45) is 3.14. The Labute approximate surface area is 209 Å². The molecule has 0 saturated carbocycles. The van der Waals surface area contributed by atoms with Crippen molar-refractivity contribution >= 4 is 33.0 Å². The Morgan fingerprint density at radius 2 is 1.58 bits per heavy atom. The van der Waals surface area contributed by atoms with Crippen LogP contribution in [0.5, 0.6) is 0 Å². The van der Waals surface area contributed by atoms with Crippen LogP contribution in [0, 0.1) is 0 Å². The largest absolute Gasteiger partial charge is 0.443 e. The lowest BCUT2D eigenvalue weighted by molar-refractivity contribution is 0.0277. The average molecular weight is 536 g/mol. The van der Waals surface area contributed by atoms with Crippen molar-refractivity contribution in [3.05, 3.63) is 82.5 Å². The zero-order valence-corrected chi connectivity index (χ0v) is 22.9. The third-order valence-electron chi connectivity index (χ3n) is 4.76. The lowest BCUT2D eigenvalue weighted by Gasteiger charge is -2.30. The molecule has 0 bridgehead atoms. The van der Waals surface area contributed by atoms with Crippen LogP contribution >= 0.6 is 15.9 Å². The first-order chi connectivity index (χ1) is 15.3. The third-order valence-corrected chi connectivity index (χ3v) is 6.87. The zero-order chi connectivity index (χ0) is 24.8. The van der Waals surface area contributed by atoms with Crippen molar-refractivity contribution in [3.8, 4) is 0 Å². The fourth-order valence-electron chi connectivity index (χ4n) is 2.91.